The molecule has 0 radical (unpaired) electrons. The van der Waals surface area contributed by atoms with E-state index in [1.165, 1.54) is 4.68 Å². The number of carbonyl (C=O) groups excluding carboxylic acids is 1. The maximum absolute atomic E-state index is 13.4. The number of morpholine rings is 1. The summed E-state index contributed by atoms with van der Waals surface area (Å²) in [7, 11) is 3.42. The Labute approximate surface area is 234 Å². The van der Waals surface area contributed by atoms with Gasteiger partial charge < -0.3 is 29.3 Å². The molecule has 1 amide bonds. The minimum absolute atomic E-state index is 0.117. The number of aromatic nitrogens is 2. The van der Waals surface area contributed by atoms with Gasteiger partial charge in [-0.15, -0.1) is 0 Å². The van der Waals surface area contributed by atoms with Crippen LogP contribution in [-0.4, -0.2) is 73.7 Å². The van der Waals surface area contributed by atoms with Crippen molar-refractivity contribution in [1.82, 2.24) is 14.7 Å². The molecule has 2 aromatic carbocycles. The van der Waals surface area contributed by atoms with Crippen molar-refractivity contribution < 1.29 is 19.0 Å². The summed E-state index contributed by atoms with van der Waals surface area (Å²) in [5, 5.41) is 9.18. The first-order valence-electron chi connectivity index (χ1n) is 14.1. The Morgan fingerprint density at radius 3 is 2.55 bits per heavy atom. The molecule has 3 aromatic rings. The van der Waals surface area contributed by atoms with Gasteiger partial charge in [0.1, 0.15) is 11.5 Å². The molecule has 3 heterocycles. The highest BCUT2D eigenvalue weighted by atomic mass is 16.5. The largest absolute Gasteiger partial charge is 0.494 e. The third kappa shape index (κ3) is 6.33. The molecule has 2 aliphatic heterocycles. The monoisotopic (exact) mass is 549 g/mol. The lowest BCUT2D eigenvalue weighted by atomic mass is 10.1. The number of nitrogens with zero attached hydrogens (tertiary/aromatic N) is 4. The Bertz CT molecular complexity index is 1400. The van der Waals surface area contributed by atoms with Gasteiger partial charge in [-0.2, -0.15) is 5.10 Å². The van der Waals surface area contributed by atoms with Crippen molar-refractivity contribution in [3.63, 3.8) is 0 Å². The van der Waals surface area contributed by atoms with Crippen molar-refractivity contribution in [2.75, 3.05) is 63.3 Å². The number of hydrogen-bond acceptors (Lipinski definition) is 8. The summed E-state index contributed by atoms with van der Waals surface area (Å²) in [6.07, 6.45) is 3.91. The number of fused-ring (bicyclic) bond motifs is 2. The molecule has 1 N–H and O–H groups in total. The van der Waals surface area contributed by atoms with Gasteiger partial charge in [0.05, 0.1) is 31.2 Å². The fourth-order valence-corrected chi connectivity index (χ4v) is 5.18. The van der Waals surface area contributed by atoms with Crippen LogP contribution < -0.4 is 25.2 Å². The van der Waals surface area contributed by atoms with Crippen LogP contribution in [0.5, 0.6) is 11.5 Å². The van der Waals surface area contributed by atoms with E-state index in [4.69, 9.17) is 14.2 Å². The number of amides is 1. The number of benzene rings is 2. The molecule has 10 heteroatoms. The van der Waals surface area contributed by atoms with Gasteiger partial charge in [-0.05, 0) is 43.5 Å². The summed E-state index contributed by atoms with van der Waals surface area (Å²) < 4.78 is 19.0. The fourth-order valence-electron chi connectivity index (χ4n) is 5.18. The van der Waals surface area contributed by atoms with E-state index in [1.807, 2.05) is 24.3 Å². The number of anilines is 2. The van der Waals surface area contributed by atoms with Crippen molar-refractivity contribution in [2.24, 2.45) is 7.05 Å². The second-order valence-corrected chi connectivity index (χ2v) is 10.5. The predicted octanol–water partition coefficient (Wildman–Crippen LogP) is 3.73. The molecule has 0 unspecified atom stereocenters. The number of likely N-dealkylation sites (N-methyl/N-ethyl adjacent to an activating group) is 1. The zero-order chi connectivity index (χ0) is 28.1. The van der Waals surface area contributed by atoms with Crippen LogP contribution in [0.1, 0.15) is 44.2 Å². The van der Waals surface area contributed by atoms with Crippen molar-refractivity contribution in [2.45, 2.75) is 38.6 Å². The summed E-state index contributed by atoms with van der Waals surface area (Å²) >= 11 is 0. The Morgan fingerprint density at radius 1 is 0.925 bits per heavy atom. The molecule has 1 saturated heterocycles. The van der Waals surface area contributed by atoms with Gasteiger partial charge >= 0.3 is 0 Å². The van der Waals surface area contributed by atoms with Crippen molar-refractivity contribution in [1.29, 1.82) is 0 Å². The van der Waals surface area contributed by atoms with Gasteiger partial charge in [-0.1, -0.05) is 25.0 Å². The van der Waals surface area contributed by atoms with E-state index in [2.05, 4.69) is 34.4 Å². The summed E-state index contributed by atoms with van der Waals surface area (Å²) in [5.41, 5.74) is 1.66. The highest BCUT2D eigenvalue weighted by Gasteiger charge is 2.22. The second kappa shape index (κ2) is 12.6. The molecule has 40 heavy (non-hydrogen) atoms. The lowest BCUT2D eigenvalue weighted by Crippen LogP contribution is -2.36. The molecular weight excluding hydrogens is 510 g/mol. The average Bonchev–Trinajstić information content (AvgIpc) is 2.97. The Hall–Kier alpha value is -3.79. The first-order valence-corrected chi connectivity index (χ1v) is 14.1. The third-order valence-corrected chi connectivity index (χ3v) is 7.62. The summed E-state index contributed by atoms with van der Waals surface area (Å²) in [6, 6.07) is 11.8. The normalized spacial score (nSPS) is 19.6. The lowest BCUT2D eigenvalue weighted by molar-refractivity contribution is -0.132. The molecule has 1 aromatic heterocycles. The molecule has 1 fully saturated rings. The first kappa shape index (κ1) is 27.8. The van der Waals surface area contributed by atoms with E-state index in [9.17, 15) is 9.59 Å². The first-order chi connectivity index (χ1) is 19.4. The molecule has 1 atom stereocenters. The number of ether oxygens (including phenoxy) is 3. The van der Waals surface area contributed by atoms with Crippen LogP contribution in [0.3, 0.4) is 0 Å². The van der Waals surface area contributed by atoms with Crippen molar-refractivity contribution in [3.8, 4) is 11.5 Å². The van der Waals surface area contributed by atoms with E-state index in [1.54, 1.807) is 19.0 Å². The van der Waals surface area contributed by atoms with Crippen LogP contribution in [0.25, 0.3) is 10.8 Å². The van der Waals surface area contributed by atoms with Crippen molar-refractivity contribution in [3.05, 3.63) is 52.3 Å². The summed E-state index contributed by atoms with van der Waals surface area (Å²) in [4.78, 5) is 30.3. The van der Waals surface area contributed by atoms with Crippen molar-refractivity contribution >= 4 is 28.2 Å². The van der Waals surface area contributed by atoms with Crippen LogP contribution in [0, 0.1) is 0 Å². The maximum Gasteiger partial charge on any atom is 0.278 e. The molecule has 6 bridgehead atoms. The number of aryl methyl sites for hydroxylation is 1. The number of rotatable bonds is 1. The van der Waals surface area contributed by atoms with Crippen LogP contribution >= 0.6 is 0 Å². The van der Waals surface area contributed by atoms with Crippen LogP contribution in [-0.2, 0) is 16.6 Å². The minimum atomic E-state index is -0.282. The van der Waals surface area contributed by atoms with E-state index >= 15 is 0 Å². The van der Waals surface area contributed by atoms with Gasteiger partial charge in [0.2, 0.25) is 0 Å². The zero-order valence-electron chi connectivity index (χ0n) is 23.6. The Kier molecular flexibility index (Phi) is 8.74. The second-order valence-electron chi connectivity index (χ2n) is 10.5. The summed E-state index contributed by atoms with van der Waals surface area (Å²) in [6.45, 7) is 5.88. The van der Waals surface area contributed by atoms with E-state index in [0.717, 1.165) is 55.8 Å². The lowest BCUT2D eigenvalue weighted by Gasteiger charge is -2.30. The van der Waals surface area contributed by atoms with Gasteiger partial charge in [-0.25, -0.2) is 4.68 Å². The zero-order valence-corrected chi connectivity index (χ0v) is 23.6. The van der Waals surface area contributed by atoms with Gasteiger partial charge in [0.25, 0.3) is 11.5 Å². The SMILES string of the molecule is C[C@H]1Nc2nn(C)c(=O)c3c(cc(N4CCOCC4)cc23)OCC(=O)N(C)CCCCCCOc2cccc1c2. The van der Waals surface area contributed by atoms with Crippen LogP contribution in [0.2, 0.25) is 0 Å². The van der Waals surface area contributed by atoms with E-state index in [0.29, 0.717) is 48.7 Å². The van der Waals surface area contributed by atoms with Gasteiger partial charge in [-0.3, -0.25) is 9.59 Å². The highest BCUT2D eigenvalue weighted by molar-refractivity contribution is 5.98. The molecule has 10 nitrogen and oxygen atoms in total. The third-order valence-electron chi connectivity index (χ3n) is 7.62. The molecule has 5 rings (SSSR count). The highest BCUT2D eigenvalue weighted by Crippen LogP contribution is 2.35. The number of carbonyl (C=O) groups is 1. The van der Waals surface area contributed by atoms with Gasteiger partial charge in [0, 0.05) is 50.9 Å². The maximum atomic E-state index is 13.4. The molecule has 214 valence electrons. The molecule has 0 aliphatic carbocycles. The van der Waals surface area contributed by atoms with Crippen LogP contribution in [0.4, 0.5) is 11.5 Å². The van der Waals surface area contributed by atoms with Gasteiger partial charge in [0.15, 0.2) is 12.4 Å². The Morgan fingerprint density at radius 2 is 1.73 bits per heavy atom. The molecular formula is C30H39N5O5. The standard InChI is InChI=1S/C30H39N5O5/c1-21-22-9-8-10-24(17-22)39-14-7-5-4-6-11-33(2)27(36)20-40-26-19-23(35-12-15-38-16-13-35)18-25-28(26)30(37)34(3)32-29(25)31-21/h8-10,17-19,21H,4-7,11-16,20H2,1-3H3,(H,31,32)/t21-/m1/s1. The van der Waals surface area contributed by atoms with E-state index < -0.39 is 0 Å². The number of hydrogen-bond donors (Lipinski definition) is 1. The Balaban J connectivity index is 1.59. The molecule has 0 saturated carbocycles. The van der Waals surface area contributed by atoms with E-state index in [-0.39, 0.29) is 24.1 Å². The average molecular weight is 550 g/mol. The quantitative estimate of drug-likeness (QED) is 0.491. The predicted molar refractivity (Wildman–Crippen MR) is 156 cm³/mol. The number of nitrogens with one attached hydrogen (secondary N) is 1. The topological polar surface area (TPSA) is 98.2 Å². The fraction of sp³-hybridized carbons (Fsp3) is 0.500. The molecule has 2 aliphatic rings. The minimum Gasteiger partial charge on any atom is -0.494 e. The van der Waals surface area contributed by atoms with Crippen LogP contribution in [0.15, 0.2) is 41.2 Å². The summed E-state index contributed by atoms with van der Waals surface area (Å²) in [5.74, 6) is 1.64. The smallest absolute Gasteiger partial charge is 0.278 e. The molecule has 0 spiro atoms.